The van der Waals surface area contributed by atoms with Crippen molar-refractivity contribution in [2.75, 3.05) is 19.6 Å². The van der Waals surface area contributed by atoms with Crippen LogP contribution in [-0.4, -0.2) is 35.6 Å². The van der Waals surface area contributed by atoms with Gasteiger partial charge in [-0.2, -0.15) is 0 Å². The molecule has 0 amide bonds. The second-order valence-corrected chi connectivity index (χ2v) is 3.77. The minimum atomic E-state index is -0.682. The molecule has 1 unspecified atom stereocenters. The molecule has 3 nitrogen and oxygen atoms in total. The molecule has 1 atom stereocenters. The highest BCUT2D eigenvalue weighted by molar-refractivity contribution is 5.67. The second-order valence-electron chi connectivity index (χ2n) is 3.77. The van der Waals surface area contributed by atoms with E-state index in [1.165, 1.54) is 0 Å². The van der Waals surface area contributed by atoms with E-state index >= 15 is 0 Å². The van der Waals surface area contributed by atoms with Crippen molar-refractivity contribution < 1.29 is 9.90 Å². The first-order valence-corrected chi connectivity index (χ1v) is 5.06. The van der Waals surface area contributed by atoms with Crippen LogP contribution in [0.5, 0.6) is 0 Å². The number of carboxylic acid groups (broad SMARTS) is 1. The number of nitrogens with zero attached hydrogens (tertiary/aromatic N) is 1. The van der Waals surface area contributed by atoms with Crippen LogP contribution in [0.4, 0.5) is 0 Å². The molecule has 3 heteroatoms. The minimum Gasteiger partial charge on any atom is -0.481 e. The molecular formula is C11H17NO2. The van der Waals surface area contributed by atoms with Crippen molar-refractivity contribution in [2.45, 2.75) is 26.2 Å². The van der Waals surface area contributed by atoms with E-state index in [0.29, 0.717) is 12.3 Å². The summed E-state index contributed by atoms with van der Waals surface area (Å²) in [5.41, 5.74) is 0. The molecule has 0 aromatic rings. The Kier molecular flexibility index (Phi) is 4.48. The summed E-state index contributed by atoms with van der Waals surface area (Å²) in [6.45, 7) is 4.57. The second kappa shape index (κ2) is 5.66. The largest absolute Gasteiger partial charge is 0.481 e. The molecule has 0 aromatic carbocycles. The van der Waals surface area contributed by atoms with Gasteiger partial charge in [0.15, 0.2) is 0 Å². The van der Waals surface area contributed by atoms with Gasteiger partial charge in [0, 0.05) is 13.0 Å². The number of rotatable bonds is 3. The number of hydrogen-bond acceptors (Lipinski definition) is 2. The van der Waals surface area contributed by atoms with Crippen molar-refractivity contribution in [1.82, 2.24) is 4.90 Å². The molecule has 1 N–H and O–H groups in total. The predicted octanol–water partition coefficient (Wildman–Crippen LogP) is 1.20. The van der Waals surface area contributed by atoms with Gasteiger partial charge in [-0.15, -0.1) is 5.92 Å². The summed E-state index contributed by atoms with van der Waals surface area (Å²) in [4.78, 5) is 12.8. The summed E-state index contributed by atoms with van der Waals surface area (Å²) >= 11 is 0. The van der Waals surface area contributed by atoms with Crippen molar-refractivity contribution in [3.63, 3.8) is 0 Å². The lowest BCUT2D eigenvalue weighted by atomic mass is 9.95. The maximum Gasteiger partial charge on any atom is 0.303 e. The Morgan fingerprint density at radius 2 is 2.43 bits per heavy atom. The van der Waals surface area contributed by atoms with E-state index < -0.39 is 5.97 Å². The third kappa shape index (κ3) is 3.80. The van der Waals surface area contributed by atoms with Gasteiger partial charge in [0.2, 0.25) is 0 Å². The number of carboxylic acids is 1. The van der Waals surface area contributed by atoms with Gasteiger partial charge >= 0.3 is 5.97 Å². The Bertz CT molecular complexity index is 252. The molecule has 0 saturated carbocycles. The fraction of sp³-hybridized carbons (Fsp3) is 0.727. The summed E-state index contributed by atoms with van der Waals surface area (Å²) in [6.07, 6.45) is 2.45. The molecule has 0 aromatic heterocycles. The summed E-state index contributed by atoms with van der Waals surface area (Å²) in [6, 6.07) is 0. The predicted molar refractivity (Wildman–Crippen MR) is 54.9 cm³/mol. The van der Waals surface area contributed by atoms with Crippen LogP contribution < -0.4 is 0 Å². The monoisotopic (exact) mass is 195 g/mol. The Morgan fingerprint density at radius 3 is 3.07 bits per heavy atom. The highest BCUT2D eigenvalue weighted by Gasteiger charge is 2.20. The van der Waals surface area contributed by atoms with Crippen LogP contribution in [0.2, 0.25) is 0 Å². The summed E-state index contributed by atoms with van der Waals surface area (Å²) in [5, 5.41) is 8.68. The van der Waals surface area contributed by atoms with E-state index in [2.05, 4.69) is 16.7 Å². The highest BCUT2D eigenvalue weighted by Crippen LogP contribution is 2.18. The molecule has 0 bridgehead atoms. The highest BCUT2D eigenvalue weighted by atomic mass is 16.4. The zero-order valence-corrected chi connectivity index (χ0v) is 8.62. The van der Waals surface area contributed by atoms with Gasteiger partial charge in [0.25, 0.3) is 0 Å². The fourth-order valence-electron chi connectivity index (χ4n) is 1.90. The van der Waals surface area contributed by atoms with E-state index in [-0.39, 0.29) is 0 Å². The molecule has 1 fully saturated rings. The Balaban J connectivity index is 2.34. The molecule has 1 heterocycles. The van der Waals surface area contributed by atoms with Crippen molar-refractivity contribution in [3.8, 4) is 11.8 Å². The van der Waals surface area contributed by atoms with Crippen molar-refractivity contribution >= 4 is 5.97 Å². The van der Waals surface area contributed by atoms with Crippen molar-refractivity contribution in [1.29, 1.82) is 0 Å². The van der Waals surface area contributed by atoms with E-state index in [1.54, 1.807) is 0 Å². The number of piperidine rings is 1. The molecule has 1 aliphatic heterocycles. The molecule has 0 aliphatic carbocycles. The number of carbonyl (C=O) groups is 1. The molecular weight excluding hydrogens is 178 g/mol. The lowest BCUT2D eigenvalue weighted by molar-refractivity contribution is -0.138. The maximum absolute atomic E-state index is 10.5. The number of aliphatic carboxylic acids is 1. The lowest BCUT2D eigenvalue weighted by Gasteiger charge is -2.30. The first-order chi connectivity index (χ1) is 6.72. The van der Waals surface area contributed by atoms with Crippen LogP contribution in [0.1, 0.15) is 26.2 Å². The SMILES string of the molecule is CC#CCN1CCCC(CC(=O)O)C1. The van der Waals surface area contributed by atoms with E-state index in [1.807, 2.05) is 6.92 Å². The molecule has 14 heavy (non-hydrogen) atoms. The Labute approximate surface area is 85.1 Å². The van der Waals surface area contributed by atoms with Crippen LogP contribution in [-0.2, 0) is 4.79 Å². The molecule has 1 rings (SSSR count). The third-order valence-corrected chi connectivity index (χ3v) is 2.55. The number of likely N-dealkylation sites (tertiary alicyclic amines) is 1. The van der Waals surface area contributed by atoms with Crippen molar-refractivity contribution in [2.24, 2.45) is 5.92 Å². The quantitative estimate of drug-likeness (QED) is 0.688. The molecule has 1 aliphatic rings. The molecule has 1 saturated heterocycles. The smallest absolute Gasteiger partial charge is 0.303 e. The van der Waals surface area contributed by atoms with Gasteiger partial charge in [-0.25, -0.2) is 0 Å². The normalized spacial score (nSPS) is 22.5. The third-order valence-electron chi connectivity index (χ3n) is 2.55. The van der Waals surface area contributed by atoms with Crippen molar-refractivity contribution in [3.05, 3.63) is 0 Å². The standard InChI is InChI=1S/C11H17NO2/c1-2-3-6-12-7-4-5-10(9-12)8-11(13)14/h10H,4-9H2,1H3,(H,13,14). The van der Waals surface area contributed by atoms with Gasteiger partial charge in [0.05, 0.1) is 6.54 Å². The van der Waals surface area contributed by atoms with Gasteiger partial charge in [-0.3, -0.25) is 9.69 Å². The molecule has 0 spiro atoms. The zero-order chi connectivity index (χ0) is 10.4. The zero-order valence-electron chi connectivity index (χ0n) is 8.62. The summed E-state index contributed by atoms with van der Waals surface area (Å²) < 4.78 is 0. The van der Waals surface area contributed by atoms with Gasteiger partial charge < -0.3 is 5.11 Å². The summed E-state index contributed by atoms with van der Waals surface area (Å²) in [7, 11) is 0. The van der Waals surface area contributed by atoms with Crippen LogP contribution in [0.25, 0.3) is 0 Å². The van der Waals surface area contributed by atoms with Crippen LogP contribution in [0, 0.1) is 17.8 Å². The van der Waals surface area contributed by atoms with E-state index in [0.717, 1.165) is 32.5 Å². The van der Waals surface area contributed by atoms with Gasteiger partial charge in [0.1, 0.15) is 0 Å². The average Bonchev–Trinajstić information content (AvgIpc) is 2.14. The van der Waals surface area contributed by atoms with Crippen LogP contribution in [0.15, 0.2) is 0 Å². The molecule has 0 radical (unpaired) electrons. The molecule has 78 valence electrons. The minimum absolute atomic E-state index is 0.302. The first kappa shape index (κ1) is 11.1. The topological polar surface area (TPSA) is 40.5 Å². The van der Waals surface area contributed by atoms with E-state index in [4.69, 9.17) is 5.11 Å². The lowest BCUT2D eigenvalue weighted by Crippen LogP contribution is -2.36. The Hall–Kier alpha value is -1.01. The van der Waals surface area contributed by atoms with Crippen LogP contribution in [0.3, 0.4) is 0 Å². The van der Waals surface area contributed by atoms with Gasteiger partial charge in [-0.1, -0.05) is 5.92 Å². The first-order valence-electron chi connectivity index (χ1n) is 5.06. The van der Waals surface area contributed by atoms with Gasteiger partial charge in [-0.05, 0) is 32.2 Å². The summed E-state index contributed by atoms with van der Waals surface area (Å²) in [5.74, 6) is 5.52. The Morgan fingerprint density at radius 1 is 1.64 bits per heavy atom. The average molecular weight is 195 g/mol. The van der Waals surface area contributed by atoms with Crippen LogP contribution >= 0.6 is 0 Å². The van der Waals surface area contributed by atoms with E-state index in [9.17, 15) is 4.79 Å². The maximum atomic E-state index is 10.5. The number of hydrogen-bond donors (Lipinski definition) is 1. The fourth-order valence-corrected chi connectivity index (χ4v) is 1.90.